The summed E-state index contributed by atoms with van der Waals surface area (Å²) in [5.74, 6) is -0.249. The highest BCUT2D eigenvalue weighted by atomic mass is 32.2. The van der Waals surface area contributed by atoms with Gasteiger partial charge in [-0.25, -0.2) is 8.42 Å². The lowest BCUT2D eigenvalue weighted by atomic mass is 10.1. The second-order valence-corrected chi connectivity index (χ2v) is 8.80. The van der Waals surface area contributed by atoms with Gasteiger partial charge in [0.15, 0.2) is 5.69 Å². The molecule has 2 aromatic rings. The smallest absolute Gasteiger partial charge is 0.272 e. The summed E-state index contributed by atoms with van der Waals surface area (Å²) in [6, 6.07) is 1.25. The molecule has 1 amide bonds. The number of H-pyrrole nitrogens is 1. The lowest BCUT2D eigenvalue weighted by Crippen LogP contribution is -2.43. The predicted octanol–water partition coefficient (Wildman–Crippen LogP) is 1.07. The zero-order valence-electron chi connectivity index (χ0n) is 12.5. The summed E-state index contributed by atoms with van der Waals surface area (Å²) in [6.07, 6.45) is 2.82. The summed E-state index contributed by atoms with van der Waals surface area (Å²) in [5, 5.41) is 11.7. The van der Waals surface area contributed by atoms with Gasteiger partial charge in [-0.05, 0) is 30.7 Å². The number of hydrogen-bond donors (Lipinski definition) is 2. The molecule has 0 unspecified atom stereocenters. The number of fused-ring (bicyclic) bond motifs is 2. The van der Waals surface area contributed by atoms with Gasteiger partial charge in [-0.3, -0.25) is 9.89 Å². The van der Waals surface area contributed by atoms with Gasteiger partial charge in [-0.1, -0.05) is 0 Å². The Labute approximate surface area is 137 Å². The van der Waals surface area contributed by atoms with Gasteiger partial charge in [-0.2, -0.15) is 9.40 Å². The van der Waals surface area contributed by atoms with Crippen molar-refractivity contribution in [1.29, 1.82) is 0 Å². The lowest BCUT2D eigenvalue weighted by Gasteiger charge is -2.29. The normalized spacial score (nSPS) is 22.6. The fourth-order valence-corrected chi connectivity index (χ4v) is 5.92. The lowest BCUT2D eigenvalue weighted by molar-refractivity contribution is 0.0925. The van der Waals surface area contributed by atoms with E-state index in [0.717, 1.165) is 30.5 Å². The highest BCUT2D eigenvalue weighted by Gasteiger charge is 2.37. The Hall–Kier alpha value is -1.71. The van der Waals surface area contributed by atoms with Gasteiger partial charge >= 0.3 is 0 Å². The standard InChI is InChI=1S/C14H16N4O3S2/c1-18-7-10(13-11(5-6-22-13)23(18,20)21)15-14(19)12-8-3-2-4-9(8)16-17-12/h5-6,10H,2-4,7H2,1H3,(H,15,19)(H,16,17)/t10-/m0/s1. The van der Waals surface area contributed by atoms with Crippen LogP contribution in [0.4, 0.5) is 0 Å². The Morgan fingerprint density at radius 1 is 1.48 bits per heavy atom. The Bertz CT molecular complexity index is 884. The molecule has 7 nitrogen and oxygen atoms in total. The summed E-state index contributed by atoms with van der Waals surface area (Å²) in [6.45, 7) is 0.230. The summed E-state index contributed by atoms with van der Waals surface area (Å²) >= 11 is 1.35. The molecule has 1 aliphatic heterocycles. The van der Waals surface area contributed by atoms with Gasteiger partial charge in [0.1, 0.15) is 0 Å². The number of rotatable bonds is 2. The molecule has 3 heterocycles. The van der Waals surface area contributed by atoms with Crippen LogP contribution >= 0.6 is 11.3 Å². The minimum Gasteiger partial charge on any atom is -0.342 e. The van der Waals surface area contributed by atoms with E-state index < -0.39 is 10.0 Å². The van der Waals surface area contributed by atoms with Crippen molar-refractivity contribution < 1.29 is 13.2 Å². The molecule has 2 aromatic heterocycles. The number of thiophene rings is 1. The minimum absolute atomic E-state index is 0.230. The fraction of sp³-hybridized carbons (Fsp3) is 0.429. The van der Waals surface area contributed by atoms with Crippen molar-refractivity contribution >= 4 is 27.3 Å². The summed E-state index contributed by atoms with van der Waals surface area (Å²) < 4.78 is 25.8. The van der Waals surface area contributed by atoms with E-state index in [4.69, 9.17) is 0 Å². The van der Waals surface area contributed by atoms with Crippen molar-refractivity contribution in [3.8, 4) is 0 Å². The third-order valence-electron chi connectivity index (χ3n) is 4.43. The Balaban J connectivity index is 1.63. The largest absolute Gasteiger partial charge is 0.342 e. The maximum absolute atomic E-state index is 12.6. The number of carbonyl (C=O) groups excluding carboxylic acids is 1. The molecule has 0 bridgehead atoms. The van der Waals surface area contributed by atoms with Crippen LogP contribution in [-0.2, 0) is 22.9 Å². The zero-order chi connectivity index (χ0) is 16.2. The molecule has 4 rings (SSSR count). The number of nitrogens with zero attached hydrogens (tertiary/aromatic N) is 2. The molecule has 2 aliphatic rings. The molecular formula is C14H16N4O3S2. The maximum Gasteiger partial charge on any atom is 0.272 e. The van der Waals surface area contributed by atoms with Crippen LogP contribution < -0.4 is 5.32 Å². The first kappa shape index (κ1) is 14.9. The van der Waals surface area contributed by atoms with Crippen LogP contribution in [0.5, 0.6) is 0 Å². The van der Waals surface area contributed by atoms with E-state index >= 15 is 0 Å². The Kier molecular flexibility index (Phi) is 3.33. The second kappa shape index (κ2) is 5.15. The second-order valence-electron chi connectivity index (χ2n) is 5.84. The molecule has 0 fully saturated rings. The van der Waals surface area contributed by atoms with Crippen molar-refractivity contribution in [3.05, 3.63) is 33.3 Å². The van der Waals surface area contributed by atoms with Crippen LogP contribution in [0.2, 0.25) is 0 Å². The highest BCUT2D eigenvalue weighted by molar-refractivity contribution is 7.89. The number of nitrogens with one attached hydrogen (secondary N) is 2. The molecule has 0 saturated heterocycles. The first-order chi connectivity index (χ1) is 11.0. The van der Waals surface area contributed by atoms with Gasteiger partial charge in [-0.15, -0.1) is 11.3 Å². The van der Waals surface area contributed by atoms with Crippen LogP contribution in [0.15, 0.2) is 16.3 Å². The number of likely N-dealkylation sites (N-methyl/N-ethyl adjacent to an activating group) is 1. The third kappa shape index (κ3) is 2.22. The van der Waals surface area contributed by atoms with Crippen molar-refractivity contribution in [3.63, 3.8) is 0 Å². The summed E-state index contributed by atoms with van der Waals surface area (Å²) in [5.41, 5.74) is 2.47. The fourth-order valence-electron chi connectivity index (χ4n) is 3.23. The summed E-state index contributed by atoms with van der Waals surface area (Å²) in [4.78, 5) is 13.5. The highest BCUT2D eigenvalue weighted by Crippen LogP contribution is 2.35. The van der Waals surface area contributed by atoms with Crippen molar-refractivity contribution in [2.45, 2.75) is 30.2 Å². The quantitative estimate of drug-likeness (QED) is 0.845. The topological polar surface area (TPSA) is 95.2 Å². The molecule has 1 aliphatic carbocycles. The van der Waals surface area contributed by atoms with E-state index in [-0.39, 0.29) is 23.4 Å². The van der Waals surface area contributed by atoms with E-state index in [1.807, 2.05) is 0 Å². The average Bonchev–Trinajstić information content (AvgIpc) is 3.20. The Morgan fingerprint density at radius 2 is 2.30 bits per heavy atom. The molecular weight excluding hydrogens is 336 g/mol. The van der Waals surface area contributed by atoms with Gasteiger partial charge in [0.05, 0.1) is 10.9 Å². The number of carbonyl (C=O) groups is 1. The van der Waals surface area contributed by atoms with E-state index in [0.29, 0.717) is 10.6 Å². The molecule has 0 aromatic carbocycles. The van der Waals surface area contributed by atoms with Crippen molar-refractivity contribution in [2.75, 3.05) is 13.6 Å². The molecule has 122 valence electrons. The van der Waals surface area contributed by atoms with Gasteiger partial charge in [0.25, 0.3) is 5.91 Å². The van der Waals surface area contributed by atoms with Crippen LogP contribution in [0.3, 0.4) is 0 Å². The van der Waals surface area contributed by atoms with E-state index in [1.54, 1.807) is 11.4 Å². The molecule has 2 N–H and O–H groups in total. The molecule has 9 heteroatoms. The third-order valence-corrected chi connectivity index (χ3v) is 7.47. The van der Waals surface area contributed by atoms with E-state index in [1.165, 1.54) is 22.7 Å². The number of sulfonamides is 1. The minimum atomic E-state index is -3.44. The molecule has 1 atom stereocenters. The van der Waals surface area contributed by atoms with Crippen LogP contribution in [-0.4, -0.2) is 42.4 Å². The number of aryl methyl sites for hydroxylation is 1. The van der Waals surface area contributed by atoms with E-state index in [9.17, 15) is 13.2 Å². The number of amides is 1. The monoisotopic (exact) mass is 352 g/mol. The average molecular weight is 352 g/mol. The first-order valence-corrected chi connectivity index (χ1v) is 9.71. The van der Waals surface area contributed by atoms with Gasteiger partial charge in [0.2, 0.25) is 10.0 Å². The molecule has 0 saturated carbocycles. The number of hydrogen-bond acceptors (Lipinski definition) is 5. The maximum atomic E-state index is 12.6. The van der Waals surface area contributed by atoms with Crippen LogP contribution in [0, 0.1) is 0 Å². The zero-order valence-corrected chi connectivity index (χ0v) is 14.1. The van der Waals surface area contributed by atoms with Gasteiger partial charge < -0.3 is 5.32 Å². The molecule has 0 spiro atoms. The number of aromatic nitrogens is 2. The van der Waals surface area contributed by atoms with Crippen molar-refractivity contribution in [1.82, 2.24) is 19.8 Å². The van der Waals surface area contributed by atoms with Crippen LogP contribution in [0.25, 0.3) is 0 Å². The van der Waals surface area contributed by atoms with Crippen LogP contribution in [0.1, 0.15) is 39.1 Å². The predicted molar refractivity (Wildman–Crippen MR) is 85.0 cm³/mol. The first-order valence-electron chi connectivity index (χ1n) is 7.39. The molecule has 23 heavy (non-hydrogen) atoms. The van der Waals surface area contributed by atoms with Gasteiger partial charge in [0, 0.05) is 29.7 Å². The Morgan fingerprint density at radius 3 is 3.13 bits per heavy atom. The van der Waals surface area contributed by atoms with E-state index in [2.05, 4.69) is 15.5 Å². The summed E-state index contributed by atoms with van der Waals surface area (Å²) in [7, 11) is -1.91. The number of aromatic amines is 1. The van der Waals surface area contributed by atoms with Crippen molar-refractivity contribution in [2.24, 2.45) is 0 Å². The SMILES string of the molecule is CN1C[C@H](NC(=O)c2n[nH]c3c2CCC3)c2sccc2S1(=O)=O. The molecule has 0 radical (unpaired) electrons.